The Morgan fingerprint density at radius 2 is 2.12 bits per heavy atom. The van der Waals surface area contributed by atoms with Crippen LogP contribution in [0, 0.1) is 5.82 Å². The normalized spacial score (nSPS) is 11.0. The molecule has 0 spiro atoms. The first kappa shape index (κ1) is 16.3. The van der Waals surface area contributed by atoms with Crippen molar-refractivity contribution in [3.63, 3.8) is 0 Å². The van der Waals surface area contributed by atoms with E-state index in [2.05, 4.69) is 15.5 Å². The summed E-state index contributed by atoms with van der Waals surface area (Å²) in [6, 6.07) is 11.7. The van der Waals surface area contributed by atoms with Gasteiger partial charge in [0.2, 0.25) is 0 Å². The van der Waals surface area contributed by atoms with Crippen molar-refractivity contribution in [2.45, 2.75) is 6.54 Å². The average Bonchev–Trinajstić information content (AvgIpc) is 3.20. The predicted octanol–water partition coefficient (Wildman–Crippen LogP) is 3.62. The molecule has 0 saturated carbocycles. The van der Waals surface area contributed by atoms with Gasteiger partial charge in [-0.3, -0.25) is 9.48 Å². The van der Waals surface area contributed by atoms with Gasteiger partial charge < -0.3 is 5.32 Å². The molecule has 4 rings (SSSR count). The van der Waals surface area contributed by atoms with Crippen LogP contribution in [0.2, 0.25) is 5.02 Å². The zero-order valence-corrected chi connectivity index (χ0v) is 14.2. The highest BCUT2D eigenvalue weighted by Crippen LogP contribution is 2.22. The van der Waals surface area contributed by atoms with Crippen LogP contribution in [0.25, 0.3) is 5.52 Å². The van der Waals surface area contributed by atoms with Crippen LogP contribution in [0.4, 0.5) is 10.1 Å². The largest absolute Gasteiger partial charge is 0.318 e. The molecule has 3 aromatic heterocycles. The topological polar surface area (TPSA) is 64.2 Å². The number of carbonyl (C=O) groups is 1. The van der Waals surface area contributed by atoms with Crippen LogP contribution in [0.3, 0.4) is 0 Å². The maximum absolute atomic E-state index is 13.3. The molecule has 0 radical (unpaired) electrons. The molecule has 6 nitrogen and oxygen atoms in total. The first-order valence-electron chi connectivity index (χ1n) is 7.81. The van der Waals surface area contributed by atoms with Crippen molar-refractivity contribution in [3.8, 4) is 0 Å². The van der Waals surface area contributed by atoms with Crippen molar-refractivity contribution in [2.24, 2.45) is 0 Å². The molecule has 4 aromatic rings. The molecule has 1 amide bonds. The Morgan fingerprint density at radius 3 is 2.92 bits per heavy atom. The molecule has 3 heterocycles. The highest BCUT2D eigenvalue weighted by atomic mass is 35.5. The Morgan fingerprint density at radius 1 is 1.23 bits per heavy atom. The second kappa shape index (κ2) is 6.61. The van der Waals surface area contributed by atoms with E-state index < -0.39 is 5.91 Å². The zero-order chi connectivity index (χ0) is 18.1. The lowest BCUT2D eigenvalue weighted by molar-refractivity contribution is 0.102. The molecule has 0 aliphatic carbocycles. The average molecular weight is 370 g/mol. The minimum absolute atomic E-state index is 0.135. The summed E-state index contributed by atoms with van der Waals surface area (Å²) in [5.41, 5.74) is 2.06. The Hall–Kier alpha value is -3.19. The number of fused-ring (bicyclic) bond motifs is 1. The first-order valence-corrected chi connectivity index (χ1v) is 8.19. The minimum atomic E-state index is -0.427. The minimum Gasteiger partial charge on any atom is -0.318 e. The Labute approximate surface area is 152 Å². The number of anilines is 1. The van der Waals surface area contributed by atoms with Gasteiger partial charge in [-0.1, -0.05) is 29.8 Å². The summed E-state index contributed by atoms with van der Waals surface area (Å²) < 4.78 is 16.4. The van der Waals surface area contributed by atoms with E-state index in [1.54, 1.807) is 45.9 Å². The van der Waals surface area contributed by atoms with E-state index in [0.717, 1.165) is 5.56 Å². The summed E-state index contributed by atoms with van der Waals surface area (Å²) in [4.78, 5) is 12.5. The lowest BCUT2D eigenvalue weighted by Gasteiger charge is -2.02. The van der Waals surface area contributed by atoms with Gasteiger partial charge in [0, 0.05) is 12.4 Å². The molecule has 0 atom stereocenters. The Bertz CT molecular complexity index is 1100. The van der Waals surface area contributed by atoms with Crippen molar-refractivity contribution >= 4 is 28.7 Å². The van der Waals surface area contributed by atoms with E-state index in [1.165, 1.54) is 18.3 Å². The van der Waals surface area contributed by atoms with Gasteiger partial charge in [0.25, 0.3) is 5.91 Å². The van der Waals surface area contributed by atoms with Crippen molar-refractivity contribution in [1.82, 2.24) is 19.4 Å². The third kappa shape index (κ3) is 3.16. The van der Waals surface area contributed by atoms with Crippen molar-refractivity contribution in [2.75, 3.05) is 5.32 Å². The number of nitrogens with one attached hydrogen (secondary N) is 1. The molecule has 26 heavy (non-hydrogen) atoms. The summed E-state index contributed by atoms with van der Waals surface area (Å²) in [5.74, 6) is -0.728. The fourth-order valence-electron chi connectivity index (χ4n) is 2.64. The maximum atomic E-state index is 13.3. The third-order valence-corrected chi connectivity index (χ3v) is 4.19. The fourth-order valence-corrected chi connectivity index (χ4v) is 2.91. The Balaban J connectivity index is 1.51. The molecule has 0 saturated heterocycles. The van der Waals surface area contributed by atoms with Gasteiger partial charge in [-0.2, -0.15) is 10.2 Å². The van der Waals surface area contributed by atoms with Gasteiger partial charge in [0.1, 0.15) is 5.82 Å². The molecule has 1 N–H and O–H groups in total. The molecular formula is C18H13ClFN5O. The third-order valence-electron chi connectivity index (χ3n) is 3.82. The number of hydrogen-bond acceptors (Lipinski definition) is 3. The molecule has 130 valence electrons. The lowest BCUT2D eigenvalue weighted by Crippen LogP contribution is -2.12. The van der Waals surface area contributed by atoms with Crippen LogP contribution in [0.1, 0.15) is 16.1 Å². The standard InChI is InChI=1S/C18H13ClFN5O/c19-16-15-6-1-2-7-25(15)23-17(16)18(26)22-14-9-21-24(11-14)10-12-4-3-5-13(20)8-12/h1-9,11H,10H2,(H,22,26). The molecule has 0 aliphatic heterocycles. The molecule has 1 aromatic carbocycles. The number of pyridine rings is 1. The van der Waals surface area contributed by atoms with E-state index in [4.69, 9.17) is 11.6 Å². The van der Waals surface area contributed by atoms with Gasteiger partial charge >= 0.3 is 0 Å². The van der Waals surface area contributed by atoms with Gasteiger partial charge in [-0.15, -0.1) is 0 Å². The van der Waals surface area contributed by atoms with Crippen molar-refractivity contribution < 1.29 is 9.18 Å². The van der Waals surface area contributed by atoms with E-state index in [1.807, 2.05) is 6.07 Å². The lowest BCUT2D eigenvalue weighted by atomic mass is 10.2. The number of halogens is 2. The number of aromatic nitrogens is 4. The monoisotopic (exact) mass is 369 g/mol. The Kier molecular flexibility index (Phi) is 4.14. The van der Waals surface area contributed by atoms with Crippen molar-refractivity contribution in [3.05, 3.63) is 83.2 Å². The molecule has 8 heteroatoms. The van der Waals surface area contributed by atoms with Crippen LogP contribution < -0.4 is 5.32 Å². The number of carbonyl (C=O) groups excluding carboxylic acids is 1. The number of nitrogens with zero attached hydrogens (tertiary/aromatic N) is 4. The van der Waals surface area contributed by atoms with Crippen LogP contribution in [0.15, 0.2) is 61.1 Å². The number of amides is 1. The summed E-state index contributed by atoms with van der Waals surface area (Å²) >= 11 is 6.25. The maximum Gasteiger partial charge on any atom is 0.277 e. The quantitative estimate of drug-likeness (QED) is 0.597. The van der Waals surface area contributed by atoms with Gasteiger partial charge in [0.05, 0.1) is 29.0 Å². The van der Waals surface area contributed by atoms with Crippen LogP contribution in [-0.4, -0.2) is 25.3 Å². The van der Waals surface area contributed by atoms with Gasteiger partial charge in [-0.05, 0) is 29.8 Å². The number of hydrogen-bond donors (Lipinski definition) is 1. The summed E-state index contributed by atoms with van der Waals surface area (Å²) in [6.07, 6.45) is 4.89. The van der Waals surface area contributed by atoms with E-state index >= 15 is 0 Å². The first-order chi connectivity index (χ1) is 12.6. The van der Waals surface area contributed by atoms with Crippen molar-refractivity contribution in [1.29, 1.82) is 0 Å². The second-order valence-corrected chi connectivity index (χ2v) is 6.08. The predicted molar refractivity (Wildman–Crippen MR) is 95.9 cm³/mol. The number of benzene rings is 1. The molecule has 0 aliphatic rings. The van der Waals surface area contributed by atoms with Crippen LogP contribution in [-0.2, 0) is 6.54 Å². The zero-order valence-electron chi connectivity index (χ0n) is 13.4. The molecular weight excluding hydrogens is 357 g/mol. The van der Waals surface area contributed by atoms with E-state index in [0.29, 0.717) is 17.7 Å². The highest BCUT2D eigenvalue weighted by molar-refractivity contribution is 6.37. The second-order valence-electron chi connectivity index (χ2n) is 5.70. The summed E-state index contributed by atoms with van der Waals surface area (Å²) in [6.45, 7) is 0.392. The smallest absolute Gasteiger partial charge is 0.277 e. The highest BCUT2D eigenvalue weighted by Gasteiger charge is 2.18. The van der Waals surface area contributed by atoms with E-state index in [9.17, 15) is 9.18 Å². The van der Waals surface area contributed by atoms with Gasteiger partial charge in [-0.25, -0.2) is 8.91 Å². The molecule has 0 fully saturated rings. The summed E-state index contributed by atoms with van der Waals surface area (Å²) in [7, 11) is 0. The fraction of sp³-hybridized carbons (Fsp3) is 0.0556. The number of rotatable bonds is 4. The van der Waals surface area contributed by atoms with Gasteiger partial charge in [0.15, 0.2) is 5.69 Å². The van der Waals surface area contributed by atoms with E-state index in [-0.39, 0.29) is 16.5 Å². The molecule has 0 bridgehead atoms. The van der Waals surface area contributed by atoms with Crippen LogP contribution >= 0.6 is 11.6 Å². The molecule has 0 unspecified atom stereocenters. The SMILES string of the molecule is O=C(Nc1cnn(Cc2cccc(F)c2)c1)c1nn2ccccc2c1Cl. The summed E-state index contributed by atoms with van der Waals surface area (Å²) in [5, 5.41) is 11.4. The van der Waals surface area contributed by atoms with Crippen LogP contribution in [0.5, 0.6) is 0 Å².